The zero-order chi connectivity index (χ0) is 21.0. The highest BCUT2D eigenvalue weighted by atomic mass is 32.1. The van der Waals surface area contributed by atoms with Crippen LogP contribution < -0.4 is 15.4 Å². The molecule has 0 saturated carbocycles. The van der Waals surface area contributed by atoms with Gasteiger partial charge in [-0.3, -0.25) is 10.1 Å². The van der Waals surface area contributed by atoms with Gasteiger partial charge in [-0.25, -0.2) is 4.79 Å². The van der Waals surface area contributed by atoms with Gasteiger partial charge in [0.2, 0.25) is 0 Å². The first-order valence-corrected chi connectivity index (χ1v) is 10.8. The van der Waals surface area contributed by atoms with Gasteiger partial charge in [-0.1, -0.05) is 13.0 Å². The lowest BCUT2D eigenvalue weighted by atomic mass is 10.1. The van der Waals surface area contributed by atoms with E-state index >= 15 is 0 Å². The Kier molecular flexibility index (Phi) is 6.87. The number of esters is 1. The maximum absolute atomic E-state index is 12.6. The minimum atomic E-state index is -0.393. The fourth-order valence-corrected chi connectivity index (χ4v) is 4.69. The van der Waals surface area contributed by atoms with Gasteiger partial charge >= 0.3 is 5.97 Å². The van der Waals surface area contributed by atoms with Crippen molar-refractivity contribution in [3.05, 3.63) is 45.8 Å². The standard InChI is InChI=1S/C21H24N2O4S2/c1-4-12(2)27-14-8-5-7-13(11-14)18(24)22-21(28)23-19-17(20(25)26-3)15-9-6-10-16(15)29-19/h5,7-8,11-12H,4,6,9-10H2,1-3H3,(H2,22,23,24,28). The first kappa shape index (κ1) is 21.3. The van der Waals surface area contributed by atoms with Gasteiger partial charge in [-0.15, -0.1) is 11.3 Å². The molecule has 2 N–H and O–H groups in total. The van der Waals surface area contributed by atoms with E-state index in [-0.39, 0.29) is 17.1 Å². The minimum Gasteiger partial charge on any atom is -0.491 e. The van der Waals surface area contributed by atoms with Gasteiger partial charge in [0.1, 0.15) is 10.8 Å². The van der Waals surface area contributed by atoms with E-state index in [1.807, 2.05) is 19.9 Å². The van der Waals surface area contributed by atoms with E-state index < -0.39 is 5.97 Å². The normalized spacial score (nSPS) is 13.3. The average Bonchev–Trinajstić information content (AvgIpc) is 3.28. The summed E-state index contributed by atoms with van der Waals surface area (Å²) in [7, 11) is 1.36. The summed E-state index contributed by atoms with van der Waals surface area (Å²) in [6, 6.07) is 6.96. The van der Waals surface area contributed by atoms with Crippen LogP contribution in [0.1, 0.15) is 57.8 Å². The lowest BCUT2D eigenvalue weighted by Crippen LogP contribution is -2.34. The molecule has 1 unspecified atom stereocenters. The van der Waals surface area contributed by atoms with Crippen molar-refractivity contribution in [3.63, 3.8) is 0 Å². The summed E-state index contributed by atoms with van der Waals surface area (Å²) in [5, 5.41) is 6.41. The molecule has 0 fully saturated rings. The first-order valence-electron chi connectivity index (χ1n) is 9.54. The molecule has 0 radical (unpaired) electrons. The smallest absolute Gasteiger partial charge is 0.341 e. The summed E-state index contributed by atoms with van der Waals surface area (Å²) in [4.78, 5) is 26.0. The molecule has 0 bridgehead atoms. The lowest BCUT2D eigenvalue weighted by Gasteiger charge is -2.14. The van der Waals surface area contributed by atoms with Crippen molar-refractivity contribution in [2.24, 2.45) is 0 Å². The van der Waals surface area contributed by atoms with E-state index in [4.69, 9.17) is 21.7 Å². The molecule has 1 atom stereocenters. The van der Waals surface area contributed by atoms with Crippen LogP contribution >= 0.6 is 23.6 Å². The Morgan fingerprint density at radius 2 is 2.10 bits per heavy atom. The summed E-state index contributed by atoms with van der Waals surface area (Å²) >= 11 is 6.79. The van der Waals surface area contributed by atoms with Gasteiger partial charge in [0, 0.05) is 10.4 Å². The van der Waals surface area contributed by atoms with E-state index in [2.05, 4.69) is 10.6 Å². The van der Waals surface area contributed by atoms with Crippen molar-refractivity contribution < 1.29 is 19.1 Å². The molecular weight excluding hydrogens is 408 g/mol. The SMILES string of the molecule is CCC(C)Oc1cccc(C(=O)NC(=S)Nc2sc3c(c2C(=O)OC)CCC3)c1. The molecule has 29 heavy (non-hydrogen) atoms. The number of ether oxygens (including phenoxy) is 2. The molecule has 1 aromatic carbocycles. The molecule has 0 spiro atoms. The predicted molar refractivity (Wildman–Crippen MR) is 118 cm³/mol. The number of hydrogen-bond acceptors (Lipinski definition) is 6. The fraction of sp³-hybridized carbons (Fsp3) is 0.381. The van der Waals surface area contributed by atoms with Gasteiger partial charge in [0.25, 0.3) is 5.91 Å². The third-order valence-electron chi connectivity index (χ3n) is 4.77. The molecule has 0 aliphatic heterocycles. The number of aryl methyl sites for hydroxylation is 1. The number of thiocarbonyl (C=S) groups is 1. The molecule has 1 amide bonds. The summed E-state index contributed by atoms with van der Waals surface area (Å²) in [5.41, 5.74) is 1.98. The van der Waals surface area contributed by atoms with Crippen molar-refractivity contribution in [2.45, 2.75) is 45.6 Å². The number of amides is 1. The monoisotopic (exact) mass is 432 g/mol. The third-order valence-corrected chi connectivity index (χ3v) is 6.18. The number of fused-ring (bicyclic) bond motifs is 1. The number of nitrogens with one attached hydrogen (secondary N) is 2. The molecule has 1 aliphatic rings. The summed E-state index contributed by atoms with van der Waals surface area (Å²) in [6.07, 6.45) is 3.75. The number of thiophene rings is 1. The van der Waals surface area contributed by atoms with Gasteiger partial charge in [-0.2, -0.15) is 0 Å². The first-order chi connectivity index (χ1) is 13.9. The average molecular weight is 433 g/mol. The minimum absolute atomic E-state index is 0.0635. The van der Waals surface area contributed by atoms with Crippen LogP contribution in [0.25, 0.3) is 0 Å². The van der Waals surface area contributed by atoms with Gasteiger partial charge < -0.3 is 14.8 Å². The molecule has 2 aromatic rings. The number of carbonyl (C=O) groups is 2. The second-order valence-corrected chi connectivity index (χ2v) is 8.34. The molecule has 1 aliphatic carbocycles. The van der Waals surface area contributed by atoms with Gasteiger partial charge in [0.05, 0.1) is 18.8 Å². The van der Waals surface area contributed by atoms with E-state index in [1.54, 1.807) is 18.2 Å². The van der Waals surface area contributed by atoms with Crippen molar-refractivity contribution in [3.8, 4) is 5.75 Å². The number of methoxy groups -OCH3 is 1. The quantitative estimate of drug-likeness (QED) is 0.523. The number of carbonyl (C=O) groups excluding carboxylic acids is 2. The van der Waals surface area contributed by atoms with Crippen molar-refractivity contribution in [1.82, 2.24) is 5.32 Å². The number of benzene rings is 1. The van der Waals surface area contributed by atoms with Crippen molar-refractivity contribution in [1.29, 1.82) is 0 Å². The number of rotatable bonds is 6. The van der Waals surface area contributed by atoms with E-state index in [1.165, 1.54) is 18.4 Å². The molecule has 3 rings (SSSR count). The Hall–Kier alpha value is -2.45. The molecule has 1 aromatic heterocycles. The molecule has 0 saturated heterocycles. The largest absolute Gasteiger partial charge is 0.491 e. The van der Waals surface area contributed by atoms with Gasteiger partial charge in [0.15, 0.2) is 5.11 Å². The van der Waals surface area contributed by atoms with E-state index in [0.717, 1.165) is 36.1 Å². The predicted octanol–water partition coefficient (Wildman–Crippen LogP) is 4.33. The molecule has 6 nitrogen and oxygen atoms in total. The van der Waals surface area contributed by atoms with Crippen LogP contribution in [0.2, 0.25) is 0 Å². The Morgan fingerprint density at radius 3 is 2.83 bits per heavy atom. The Labute approximate surface area is 179 Å². The fourth-order valence-electron chi connectivity index (χ4n) is 3.15. The maximum atomic E-state index is 12.6. The lowest BCUT2D eigenvalue weighted by molar-refractivity contribution is 0.0601. The zero-order valence-electron chi connectivity index (χ0n) is 16.7. The summed E-state index contributed by atoms with van der Waals surface area (Å²) < 4.78 is 10.7. The highest BCUT2D eigenvalue weighted by molar-refractivity contribution is 7.80. The van der Waals surface area contributed by atoms with Crippen LogP contribution in [-0.2, 0) is 17.6 Å². The van der Waals surface area contributed by atoms with E-state index in [9.17, 15) is 9.59 Å². The zero-order valence-corrected chi connectivity index (χ0v) is 18.3. The number of hydrogen-bond donors (Lipinski definition) is 2. The van der Waals surface area contributed by atoms with Gasteiger partial charge in [-0.05, 0) is 68.6 Å². The maximum Gasteiger partial charge on any atom is 0.341 e. The second kappa shape index (κ2) is 9.37. The van der Waals surface area contributed by atoms with Crippen LogP contribution in [0.3, 0.4) is 0 Å². The third kappa shape index (κ3) is 4.94. The van der Waals surface area contributed by atoms with Crippen LogP contribution in [0, 0.1) is 0 Å². The molecule has 8 heteroatoms. The Morgan fingerprint density at radius 1 is 1.31 bits per heavy atom. The molecular formula is C21H24N2O4S2. The van der Waals surface area contributed by atoms with E-state index in [0.29, 0.717) is 21.9 Å². The molecule has 1 heterocycles. The Balaban J connectivity index is 1.70. The van der Waals surface area contributed by atoms with Crippen molar-refractivity contribution >= 4 is 45.5 Å². The molecule has 154 valence electrons. The topological polar surface area (TPSA) is 76.7 Å². The van der Waals surface area contributed by atoms with Crippen LogP contribution in [-0.4, -0.2) is 30.2 Å². The summed E-state index contributed by atoms with van der Waals surface area (Å²) in [6.45, 7) is 4.01. The van der Waals surface area contributed by atoms with Crippen LogP contribution in [0.5, 0.6) is 5.75 Å². The highest BCUT2D eigenvalue weighted by Gasteiger charge is 2.27. The highest BCUT2D eigenvalue weighted by Crippen LogP contribution is 2.39. The number of anilines is 1. The summed E-state index contributed by atoms with van der Waals surface area (Å²) in [5.74, 6) is -0.106. The van der Waals surface area contributed by atoms with Crippen LogP contribution in [0.15, 0.2) is 24.3 Å². The van der Waals surface area contributed by atoms with Crippen LogP contribution in [0.4, 0.5) is 5.00 Å². The Bertz CT molecular complexity index is 939. The second-order valence-electron chi connectivity index (χ2n) is 6.83. The van der Waals surface area contributed by atoms with Crippen molar-refractivity contribution in [2.75, 3.05) is 12.4 Å².